The Hall–Kier alpha value is -1.55. The molecule has 0 aliphatic heterocycles. The van der Waals surface area contributed by atoms with Crippen molar-refractivity contribution in [3.05, 3.63) is 28.8 Å². The van der Waals surface area contributed by atoms with Crippen LogP contribution in [-0.2, 0) is 4.79 Å². The molecule has 0 aliphatic carbocycles. The number of benzene rings is 1. The van der Waals surface area contributed by atoms with Crippen molar-refractivity contribution in [2.45, 2.75) is 47.1 Å². The molecule has 0 saturated heterocycles. The molecule has 1 rings (SSSR count). The Morgan fingerprint density at radius 1 is 1.24 bits per heavy atom. The number of nitrogens with one attached hydrogen (secondary N) is 1. The van der Waals surface area contributed by atoms with Gasteiger partial charge in [-0.15, -0.1) is 0 Å². The molecule has 0 fully saturated rings. The third kappa shape index (κ3) is 5.76. The van der Waals surface area contributed by atoms with Crippen LogP contribution in [0, 0.1) is 26.7 Å². The molecule has 1 aromatic rings. The Morgan fingerprint density at radius 3 is 2.29 bits per heavy atom. The van der Waals surface area contributed by atoms with E-state index in [2.05, 4.69) is 31.3 Å². The van der Waals surface area contributed by atoms with Crippen LogP contribution in [0.4, 0.5) is 0 Å². The van der Waals surface area contributed by atoms with Gasteiger partial charge in [0.15, 0.2) is 6.61 Å². The number of carbonyl (C=O) groups excluding carboxylic acids is 1. The van der Waals surface area contributed by atoms with Gasteiger partial charge in [-0.25, -0.2) is 0 Å². The van der Waals surface area contributed by atoms with E-state index in [1.807, 2.05) is 20.8 Å². The summed E-state index contributed by atoms with van der Waals surface area (Å²) in [7, 11) is 0. The summed E-state index contributed by atoms with van der Waals surface area (Å²) >= 11 is 0. The zero-order chi connectivity index (χ0) is 16.0. The van der Waals surface area contributed by atoms with Crippen LogP contribution < -0.4 is 15.8 Å². The van der Waals surface area contributed by atoms with E-state index < -0.39 is 0 Å². The summed E-state index contributed by atoms with van der Waals surface area (Å²) in [5, 5.41) is 2.93. The Labute approximate surface area is 128 Å². The summed E-state index contributed by atoms with van der Waals surface area (Å²) < 4.78 is 5.68. The molecule has 0 spiro atoms. The third-order valence-corrected chi connectivity index (χ3v) is 3.36. The predicted molar refractivity (Wildman–Crippen MR) is 86.6 cm³/mol. The molecular formula is C17H28N2O2. The lowest BCUT2D eigenvalue weighted by Crippen LogP contribution is -2.43. The quantitative estimate of drug-likeness (QED) is 0.811. The van der Waals surface area contributed by atoms with Gasteiger partial charge in [0.25, 0.3) is 5.91 Å². The van der Waals surface area contributed by atoms with Crippen LogP contribution in [0.25, 0.3) is 0 Å². The number of hydrogen-bond donors (Lipinski definition) is 2. The molecule has 0 heterocycles. The van der Waals surface area contributed by atoms with E-state index in [1.54, 1.807) is 0 Å². The van der Waals surface area contributed by atoms with Gasteiger partial charge in [0, 0.05) is 12.6 Å². The van der Waals surface area contributed by atoms with Crippen LogP contribution >= 0.6 is 0 Å². The van der Waals surface area contributed by atoms with Crippen LogP contribution in [-0.4, -0.2) is 25.1 Å². The van der Waals surface area contributed by atoms with Crippen LogP contribution in [0.15, 0.2) is 12.1 Å². The van der Waals surface area contributed by atoms with Crippen molar-refractivity contribution in [1.29, 1.82) is 0 Å². The molecule has 3 N–H and O–H groups in total. The van der Waals surface area contributed by atoms with Crippen molar-refractivity contribution in [2.24, 2.45) is 11.7 Å². The van der Waals surface area contributed by atoms with Gasteiger partial charge < -0.3 is 15.8 Å². The highest BCUT2D eigenvalue weighted by atomic mass is 16.5. The molecule has 0 aliphatic rings. The van der Waals surface area contributed by atoms with Crippen molar-refractivity contribution in [3.63, 3.8) is 0 Å². The first-order valence-corrected chi connectivity index (χ1v) is 7.53. The average molecular weight is 292 g/mol. The lowest BCUT2D eigenvalue weighted by atomic mass is 10.0. The largest absolute Gasteiger partial charge is 0.483 e. The molecule has 118 valence electrons. The maximum atomic E-state index is 12.0. The van der Waals surface area contributed by atoms with Gasteiger partial charge in [-0.1, -0.05) is 31.5 Å². The summed E-state index contributed by atoms with van der Waals surface area (Å²) in [6.07, 6.45) is 0.880. The van der Waals surface area contributed by atoms with E-state index >= 15 is 0 Å². The minimum Gasteiger partial charge on any atom is -0.483 e. The maximum absolute atomic E-state index is 12.0. The molecule has 0 saturated carbocycles. The predicted octanol–water partition coefficient (Wildman–Crippen LogP) is 2.48. The summed E-state index contributed by atoms with van der Waals surface area (Å²) in [6.45, 7) is 10.7. The normalized spacial score (nSPS) is 12.3. The highest BCUT2D eigenvalue weighted by molar-refractivity contribution is 5.78. The smallest absolute Gasteiger partial charge is 0.258 e. The van der Waals surface area contributed by atoms with Crippen molar-refractivity contribution < 1.29 is 9.53 Å². The molecule has 0 radical (unpaired) electrons. The number of hydrogen-bond acceptors (Lipinski definition) is 3. The Bertz CT molecular complexity index is 461. The minimum absolute atomic E-state index is 0.0151. The van der Waals surface area contributed by atoms with Crippen LogP contribution in [0.2, 0.25) is 0 Å². The number of carbonyl (C=O) groups is 1. The Balaban J connectivity index is 2.57. The van der Waals surface area contributed by atoms with E-state index in [-0.39, 0.29) is 18.6 Å². The summed E-state index contributed by atoms with van der Waals surface area (Å²) in [4.78, 5) is 12.0. The zero-order valence-electron chi connectivity index (χ0n) is 13.8. The monoisotopic (exact) mass is 292 g/mol. The molecule has 4 nitrogen and oxygen atoms in total. The fourth-order valence-electron chi connectivity index (χ4n) is 2.58. The molecular weight excluding hydrogens is 264 g/mol. The number of nitrogens with two attached hydrogens (primary N) is 1. The van der Waals surface area contributed by atoms with Gasteiger partial charge in [0.1, 0.15) is 5.75 Å². The van der Waals surface area contributed by atoms with E-state index in [4.69, 9.17) is 10.5 Å². The van der Waals surface area contributed by atoms with E-state index in [0.29, 0.717) is 12.5 Å². The molecule has 1 amide bonds. The van der Waals surface area contributed by atoms with E-state index in [0.717, 1.165) is 23.3 Å². The lowest BCUT2D eigenvalue weighted by molar-refractivity contribution is -0.123. The molecule has 1 atom stereocenters. The van der Waals surface area contributed by atoms with Crippen LogP contribution in [0.3, 0.4) is 0 Å². The Kier molecular flexibility index (Phi) is 6.69. The molecule has 0 bridgehead atoms. The topological polar surface area (TPSA) is 64.3 Å². The fraction of sp³-hybridized carbons (Fsp3) is 0.588. The second-order valence-electron chi connectivity index (χ2n) is 6.15. The van der Waals surface area contributed by atoms with Crippen LogP contribution in [0.1, 0.15) is 37.0 Å². The first kappa shape index (κ1) is 17.5. The molecule has 1 unspecified atom stereocenters. The third-order valence-electron chi connectivity index (χ3n) is 3.36. The Morgan fingerprint density at radius 2 is 1.81 bits per heavy atom. The SMILES string of the molecule is Cc1cc(C)c(OCC(=O)NC(CN)CC(C)C)c(C)c1. The van der Waals surface area contributed by atoms with Gasteiger partial charge in [0.2, 0.25) is 0 Å². The molecule has 21 heavy (non-hydrogen) atoms. The van der Waals surface area contributed by atoms with Gasteiger partial charge in [-0.3, -0.25) is 4.79 Å². The van der Waals surface area contributed by atoms with Gasteiger partial charge in [-0.2, -0.15) is 0 Å². The molecule has 1 aromatic carbocycles. The molecule has 0 aromatic heterocycles. The first-order valence-electron chi connectivity index (χ1n) is 7.53. The minimum atomic E-state index is -0.120. The maximum Gasteiger partial charge on any atom is 0.258 e. The van der Waals surface area contributed by atoms with Crippen molar-refractivity contribution in [3.8, 4) is 5.75 Å². The number of aryl methyl sites for hydroxylation is 3. The van der Waals surface area contributed by atoms with Crippen molar-refractivity contribution in [2.75, 3.05) is 13.2 Å². The zero-order valence-corrected chi connectivity index (χ0v) is 13.8. The number of ether oxygens (including phenoxy) is 1. The highest BCUT2D eigenvalue weighted by Crippen LogP contribution is 2.24. The summed E-state index contributed by atoms with van der Waals surface area (Å²) in [6, 6.07) is 4.13. The van der Waals surface area contributed by atoms with Crippen LogP contribution in [0.5, 0.6) is 5.75 Å². The van der Waals surface area contributed by atoms with Gasteiger partial charge in [-0.05, 0) is 44.2 Å². The summed E-state index contributed by atoms with van der Waals surface area (Å²) in [5.74, 6) is 1.18. The summed E-state index contributed by atoms with van der Waals surface area (Å²) in [5.41, 5.74) is 8.99. The van der Waals surface area contributed by atoms with Crippen molar-refractivity contribution in [1.82, 2.24) is 5.32 Å². The average Bonchev–Trinajstić information content (AvgIpc) is 2.35. The standard InChI is InChI=1S/C17H28N2O2/c1-11(2)6-15(9-18)19-16(20)10-21-17-13(4)7-12(3)8-14(17)5/h7-8,11,15H,6,9-10,18H2,1-5H3,(H,19,20). The second-order valence-corrected chi connectivity index (χ2v) is 6.15. The fourth-order valence-corrected chi connectivity index (χ4v) is 2.58. The number of rotatable bonds is 7. The van der Waals surface area contributed by atoms with E-state index in [1.165, 1.54) is 5.56 Å². The van der Waals surface area contributed by atoms with Gasteiger partial charge in [0.05, 0.1) is 0 Å². The highest BCUT2D eigenvalue weighted by Gasteiger charge is 2.14. The first-order chi connectivity index (χ1) is 9.83. The van der Waals surface area contributed by atoms with Gasteiger partial charge >= 0.3 is 0 Å². The van der Waals surface area contributed by atoms with Crippen molar-refractivity contribution >= 4 is 5.91 Å². The molecule has 4 heteroatoms. The van der Waals surface area contributed by atoms with E-state index in [9.17, 15) is 4.79 Å². The number of amides is 1. The lowest BCUT2D eigenvalue weighted by Gasteiger charge is -2.19. The second kappa shape index (κ2) is 8.03.